The molecule has 5 heterocycles. The van der Waals surface area contributed by atoms with Crippen LogP contribution >= 0.6 is 0 Å². The van der Waals surface area contributed by atoms with Crippen LogP contribution in [0.4, 0.5) is 11.5 Å². The zero-order chi connectivity index (χ0) is 22.9. The highest BCUT2D eigenvalue weighted by atomic mass is 16.1. The molecule has 1 fully saturated rings. The number of nitrogens with zero attached hydrogens (tertiary/aromatic N) is 5. The van der Waals surface area contributed by atoms with Crippen LogP contribution in [0.5, 0.6) is 0 Å². The molecule has 8 nitrogen and oxygen atoms in total. The largest absolute Gasteiger partial charge is 0.371 e. The van der Waals surface area contributed by atoms with E-state index in [4.69, 9.17) is 4.98 Å². The van der Waals surface area contributed by atoms with Crippen LogP contribution in [0.2, 0.25) is 0 Å². The zero-order valence-electron chi connectivity index (χ0n) is 19.4. The topological polar surface area (TPSA) is 90.0 Å². The summed E-state index contributed by atoms with van der Waals surface area (Å²) >= 11 is 0. The first-order valence-electron chi connectivity index (χ1n) is 11.5. The molecule has 0 amide bonds. The third-order valence-electron chi connectivity index (χ3n) is 6.46. The molecule has 0 atom stereocenters. The van der Waals surface area contributed by atoms with Crippen molar-refractivity contribution in [1.29, 1.82) is 0 Å². The van der Waals surface area contributed by atoms with E-state index in [9.17, 15) is 4.79 Å². The predicted octanol–water partition coefficient (Wildman–Crippen LogP) is 3.10. The van der Waals surface area contributed by atoms with Gasteiger partial charge in [-0.05, 0) is 43.2 Å². The lowest BCUT2D eigenvalue weighted by atomic mass is 10.1. The average Bonchev–Trinajstić information content (AvgIpc) is 2.83. The van der Waals surface area contributed by atoms with Crippen molar-refractivity contribution in [3.63, 3.8) is 0 Å². The van der Waals surface area contributed by atoms with E-state index in [1.807, 2.05) is 38.5 Å². The monoisotopic (exact) mass is 443 g/mol. The maximum atomic E-state index is 12.2. The number of H-pyrrole nitrogens is 1. The molecular weight excluding hydrogens is 414 g/mol. The molecule has 0 unspecified atom stereocenters. The molecule has 0 aliphatic carbocycles. The van der Waals surface area contributed by atoms with E-state index in [1.165, 1.54) is 5.69 Å². The van der Waals surface area contributed by atoms with Gasteiger partial charge in [0.25, 0.3) is 5.56 Å². The Bertz CT molecular complexity index is 1370. The molecule has 0 aromatic carbocycles. The van der Waals surface area contributed by atoms with E-state index >= 15 is 0 Å². The number of pyridine rings is 4. The summed E-state index contributed by atoms with van der Waals surface area (Å²) in [5.41, 5.74) is 6.64. The summed E-state index contributed by atoms with van der Waals surface area (Å²) in [6.45, 7) is 8.67. The molecule has 8 heteroatoms. The van der Waals surface area contributed by atoms with E-state index in [2.05, 4.69) is 49.1 Å². The number of rotatable bonds is 5. The minimum atomic E-state index is -0.0189. The Balaban J connectivity index is 1.29. The van der Waals surface area contributed by atoms with Crippen LogP contribution < -0.4 is 15.8 Å². The molecule has 1 aliphatic rings. The van der Waals surface area contributed by atoms with Crippen LogP contribution in [0.25, 0.3) is 21.9 Å². The van der Waals surface area contributed by atoms with Gasteiger partial charge in [-0.3, -0.25) is 14.7 Å². The highest BCUT2D eigenvalue weighted by Crippen LogP contribution is 2.28. The molecule has 33 heavy (non-hydrogen) atoms. The lowest BCUT2D eigenvalue weighted by Crippen LogP contribution is -2.46. The van der Waals surface area contributed by atoms with Crippen molar-refractivity contribution in [2.24, 2.45) is 0 Å². The molecule has 1 aliphatic heterocycles. The van der Waals surface area contributed by atoms with Crippen LogP contribution in [0, 0.1) is 6.92 Å². The van der Waals surface area contributed by atoms with E-state index < -0.39 is 0 Å². The fraction of sp³-hybridized carbons (Fsp3) is 0.360. The smallest absolute Gasteiger partial charge is 0.251 e. The molecule has 0 bridgehead atoms. The molecule has 170 valence electrons. The Hall–Kier alpha value is -3.52. The summed E-state index contributed by atoms with van der Waals surface area (Å²) < 4.78 is 0. The lowest BCUT2D eigenvalue weighted by Gasteiger charge is -2.36. The maximum absolute atomic E-state index is 12.2. The minimum absolute atomic E-state index is 0.0189. The average molecular weight is 444 g/mol. The molecule has 5 rings (SSSR count). The van der Waals surface area contributed by atoms with Crippen molar-refractivity contribution in [3.05, 3.63) is 63.8 Å². The highest BCUT2D eigenvalue weighted by molar-refractivity contribution is 5.90. The third-order valence-corrected chi connectivity index (χ3v) is 6.46. The van der Waals surface area contributed by atoms with Crippen molar-refractivity contribution in [2.75, 3.05) is 43.4 Å². The number of fused-ring (bicyclic) bond motifs is 2. The maximum Gasteiger partial charge on any atom is 0.251 e. The van der Waals surface area contributed by atoms with Gasteiger partial charge in [0.15, 0.2) is 5.82 Å². The van der Waals surface area contributed by atoms with Crippen molar-refractivity contribution in [2.45, 2.75) is 26.8 Å². The summed E-state index contributed by atoms with van der Waals surface area (Å²) in [5, 5.41) is 4.22. The predicted molar refractivity (Wildman–Crippen MR) is 133 cm³/mol. The van der Waals surface area contributed by atoms with Gasteiger partial charge < -0.3 is 15.2 Å². The summed E-state index contributed by atoms with van der Waals surface area (Å²) in [5.74, 6) is 0.809. The summed E-state index contributed by atoms with van der Waals surface area (Å²) in [6.07, 6.45) is 4.46. The number of nitrogens with one attached hydrogen (secondary N) is 2. The van der Waals surface area contributed by atoms with E-state index in [0.717, 1.165) is 77.3 Å². The molecule has 1 saturated heterocycles. The van der Waals surface area contributed by atoms with Gasteiger partial charge >= 0.3 is 0 Å². The number of aromatic amines is 1. The highest BCUT2D eigenvalue weighted by Gasteiger charge is 2.20. The summed E-state index contributed by atoms with van der Waals surface area (Å²) in [7, 11) is 1.87. The number of piperazine rings is 1. The van der Waals surface area contributed by atoms with E-state index in [0.29, 0.717) is 6.42 Å². The van der Waals surface area contributed by atoms with Crippen LogP contribution in [0.15, 0.2) is 41.5 Å². The Morgan fingerprint density at radius 2 is 1.94 bits per heavy atom. The normalized spacial score (nSPS) is 14.8. The first-order chi connectivity index (χ1) is 16.1. The first kappa shape index (κ1) is 21.3. The van der Waals surface area contributed by atoms with Crippen molar-refractivity contribution >= 4 is 33.4 Å². The Morgan fingerprint density at radius 3 is 2.70 bits per heavy atom. The fourth-order valence-electron chi connectivity index (χ4n) is 4.60. The molecule has 0 spiro atoms. The third kappa shape index (κ3) is 4.14. The second kappa shape index (κ2) is 8.78. The Kier molecular flexibility index (Phi) is 5.68. The van der Waals surface area contributed by atoms with Crippen molar-refractivity contribution in [3.8, 4) is 0 Å². The van der Waals surface area contributed by atoms with Gasteiger partial charge in [0.2, 0.25) is 0 Å². The quantitative estimate of drug-likeness (QED) is 0.490. The van der Waals surface area contributed by atoms with Gasteiger partial charge in [-0.2, -0.15) is 0 Å². The number of aryl methyl sites for hydroxylation is 2. The second-order valence-electron chi connectivity index (χ2n) is 8.59. The standard InChI is InChI=1S/C25H29N7O/c1-4-18-12-20-21(30-25(18)33)11-17(14-28-20)15-31-7-9-32(10-8-31)22-13-19-5-6-27-24(26-3)23(19)29-16(22)2/h5-6,11-14H,4,7-10,15H2,1-3H3,(H,26,27)(H,30,33). The summed E-state index contributed by atoms with van der Waals surface area (Å²) in [6, 6.07) is 8.19. The van der Waals surface area contributed by atoms with Crippen molar-refractivity contribution < 1.29 is 0 Å². The SMILES string of the molecule is CCc1cc2ncc(CN3CCN(c4cc5ccnc(NC)c5nc4C)CC3)cc2[nH]c1=O. The van der Waals surface area contributed by atoms with Gasteiger partial charge in [0, 0.05) is 63.1 Å². The number of aromatic nitrogens is 4. The second-order valence-corrected chi connectivity index (χ2v) is 8.59. The number of hydrogen-bond donors (Lipinski definition) is 2. The molecule has 0 radical (unpaired) electrons. The molecule has 2 N–H and O–H groups in total. The van der Waals surface area contributed by atoms with Gasteiger partial charge in [-0.25, -0.2) is 9.97 Å². The van der Waals surface area contributed by atoms with Crippen LogP contribution in [0.1, 0.15) is 23.7 Å². The van der Waals surface area contributed by atoms with Crippen molar-refractivity contribution in [1.82, 2.24) is 24.8 Å². The fourth-order valence-corrected chi connectivity index (χ4v) is 4.60. The van der Waals surface area contributed by atoms with Crippen LogP contribution in [-0.2, 0) is 13.0 Å². The number of anilines is 2. The van der Waals surface area contributed by atoms with E-state index in [-0.39, 0.29) is 5.56 Å². The minimum Gasteiger partial charge on any atom is -0.371 e. The molecule has 4 aromatic heterocycles. The van der Waals surface area contributed by atoms with Gasteiger partial charge in [0.05, 0.1) is 22.4 Å². The zero-order valence-corrected chi connectivity index (χ0v) is 19.4. The lowest BCUT2D eigenvalue weighted by molar-refractivity contribution is 0.249. The molecular formula is C25H29N7O. The molecule has 4 aromatic rings. The number of hydrogen-bond acceptors (Lipinski definition) is 7. The summed E-state index contributed by atoms with van der Waals surface area (Å²) in [4.78, 5) is 33.8. The Morgan fingerprint density at radius 1 is 1.12 bits per heavy atom. The van der Waals surface area contributed by atoms with Gasteiger partial charge in [-0.15, -0.1) is 0 Å². The van der Waals surface area contributed by atoms with Gasteiger partial charge in [0.1, 0.15) is 5.52 Å². The Labute approximate surface area is 192 Å². The first-order valence-corrected chi connectivity index (χ1v) is 11.5. The van der Waals surface area contributed by atoms with E-state index in [1.54, 1.807) is 0 Å². The van der Waals surface area contributed by atoms with Crippen LogP contribution in [0.3, 0.4) is 0 Å². The van der Waals surface area contributed by atoms with Gasteiger partial charge in [-0.1, -0.05) is 6.92 Å². The molecule has 0 saturated carbocycles. The van der Waals surface area contributed by atoms with Crippen LogP contribution in [-0.4, -0.2) is 58.1 Å².